The quantitative estimate of drug-likeness (QED) is 0.618. The van der Waals surface area contributed by atoms with Crippen LogP contribution >= 0.6 is 11.6 Å². The number of carbonyl (C=O) groups excluding carboxylic acids is 1. The first-order valence-electron chi connectivity index (χ1n) is 8.58. The summed E-state index contributed by atoms with van der Waals surface area (Å²) in [5.41, 5.74) is 3.14. The molecule has 0 aliphatic carbocycles. The number of ether oxygens (including phenoxy) is 2. The second-order valence-corrected chi connectivity index (χ2v) is 6.68. The molecule has 27 heavy (non-hydrogen) atoms. The summed E-state index contributed by atoms with van der Waals surface area (Å²) in [5, 5.41) is 12.7. The van der Waals surface area contributed by atoms with Crippen molar-refractivity contribution in [2.24, 2.45) is 0 Å². The van der Waals surface area contributed by atoms with Gasteiger partial charge in [0.05, 0.1) is 18.2 Å². The van der Waals surface area contributed by atoms with Crippen molar-refractivity contribution in [2.75, 3.05) is 18.5 Å². The lowest BCUT2D eigenvalue weighted by atomic mass is 10.1. The lowest BCUT2D eigenvalue weighted by molar-refractivity contribution is -0.112. The van der Waals surface area contributed by atoms with Crippen LogP contribution in [0.2, 0.25) is 5.02 Å². The number of halogens is 1. The third kappa shape index (κ3) is 4.24. The number of anilines is 1. The van der Waals surface area contributed by atoms with Crippen LogP contribution in [0, 0.1) is 25.2 Å². The molecule has 6 heteroatoms. The van der Waals surface area contributed by atoms with Gasteiger partial charge in [-0.3, -0.25) is 4.79 Å². The van der Waals surface area contributed by atoms with Crippen LogP contribution in [-0.2, 0) is 4.79 Å². The molecule has 0 radical (unpaired) electrons. The van der Waals surface area contributed by atoms with Crippen molar-refractivity contribution in [1.29, 1.82) is 5.26 Å². The normalized spacial score (nSPS) is 13.5. The molecule has 1 amide bonds. The maximum atomic E-state index is 12.6. The van der Waals surface area contributed by atoms with Crippen LogP contribution in [0.1, 0.15) is 23.1 Å². The van der Waals surface area contributed by atoms with Gasteiger partial charge in [-0.15, -0.1) is 0 Å². The van der Waals surface area contributed by atoms with E-state index in [1.54, 1.807) is 12.1 Å². The summed E-state index contributed by atoms with van der Waals surface area (Å²) >= 11 is 6.28. The molecular formula is C21H19ClN2O3. The first kappa shape index (κ1) is 18.8. The van der Waals surface area contributed by atoms with Crippen molar-refractivity contribution in [3.05, 3.63) is 57.6 Å². The lowest BCUT2D eigenvalue weighted by Gasteiger charge is -2.12. The Kier molecular flexibility index (Phi) is 5.68. The van der Waals surface area contributed by atoms with Crippen LogP contribution in [0.3, 0.4) is 0 Å². The van der Waals surface area contributed by atoms with Gasteiger partial charge in [0.1, 0.15) is 11.6 Å². The Bertz CT molecular complexity index is 940. The highest BCUT2D eigenvalue weighted by molar-refractivity contribution is 6.32. The molecule has 1 N–H and O–H groups in total. The molecule has 0 saturated heterocycles. The molecule has 0 spiro atoms. The molecule has 0 atom stereocenters. The molecule has 138 valence electrons. The average Bonchev–Trinajstić information content (AvgIpc) is 2.88. The van der Waals surface area contributed by atoms with E-state index in [0.29, 0.717) is 41.0 Å². The standard InChI is InChI=1S/C21H19ClN2O3/c1-13-5-3-6-14(2)19(13)24-21(25)16(12-23)9-15-10-17(22)20-18(11-15)26-7-4-8-27-20/h3,5-6,9-11H,4,7-8H2,1-2H3,(H,24,25). The number of aryl methyl sites for hydroxylation is 2. The topological polar surface area (TPSA) is 71.4 Å². The summed E-state index contributed by atoms with van der Waals surface area (Å²) in [6.45, 7) is 4.86. The van der Waals surface area contributed by atoms with Crippen molar-refractivity contribution in [1.82, 2.24) is 0 Å². The number of amides is 1. The first-order chi connectivity index (χ1) is 13.0. The van der Waals surface area contributed by atoms with Gasteiger partial charge in [0.15, 0.2) is 11.5 Å². The van der Waals surface area contributed by atoms with E-state index in [0.717, 1.165) is 17.5 Å². The molecule has 2 aromatic rings. The van der Waals surface area contributed by atoms with Crippen LogP contribution in [0.4, 0.5) is 5.69 Å². The molecule has 0 fully saturated rings. The number of fused-ring (bicyclic) bond motifs is 1. The van der Waals surface area contributed by atoms with E-state index in [4.69, 9.17) is 21.1 Å². The summed E-state index contributed by atoms with van der Waals surface area (Å²) < 4.78 is 11.2. The third-order valence-corrected chi connectivity index (χ3v) is 4.50. The highest BCUT2D eigenvalue weighted by Gasteiger charge is 2.17. The smallest absolute Gasteiger partial charge is 0.266 e. The van der Waals surface area contributed by atoms with Gasteiger partial charge in [0, 0.05) is 12.1 Å². The third-order valence-electron chi connectivity index (χ3n) is 4.22. The molecule has 0 saturated carbocycles. The molecule has 0 bridgehead atoms. The second kappa shape index (κ2) is 8.15. The van der Waals surface area contributed by atoms with Crippen molar-refractivity contribution in [2.45, 2.75) is 20.3 Å². The van der Waals surface area contributed by atoms with Crippen molar-refractivity contribution < 1.29 is 14.3 Å². The summed E-state index contributed by atoms with van der Waals surface area (Å²) in [6.07, 6.45) is 2.25. The van der Waals surface area contributed by atoms with E-state index in [-0.39, 0.29) is 5.57 Å². The van der Waals surface area contributed by atoms with Crippen molar-refractivity contribution >= 4 is 29.3 Å². The van der Waals surface area contributed by atoms with Gasteiger partial charge >= 0.3 is 0 Å². The summed E-state index contributed by atoms with van der Waals surface area (Å²) in [4.78, 5) is 12.6. The van der Waals surface area contributed by atoms with E-state index in [2.05, 4.69) is 5.32 Å². The van der Waals surface area contributed by atoms with Crippen molar-refractivity contribution in [3.8, 4) is 17.6 Å². The molecule has 0 aromatic heterocycles. The number of nitrogens with one attached hydrogen (secondary N) is 1. The Balaban J connectivity index is 1.90. The molecule has 2 aromatic carbocycles. The summed E-state index contributed by atoms with van der Waals surface area (Å²) in [5.74, 6) is 0.529. The number of carbonyl (C=O) groups is 1. The van der Waals surface area contributed by atoms with E-state index in [9.17, 15) is 10.1 Å². The number of nitriles is 1. The molecule has 5 nitrogen and oxygen atoms in total. The zero-order chi connectivity index (χ0) is 19.4. The van der Waals surface area contributed by atoms with Gasteiger partial charge < -0.3 is 14.8 Å². The Morgan fingerprint density at radius 1 is 1.22 bits per heavy atom. The minimum atomic E-state index is -0.474. The number of hydrogen-bond donors (Lipinski definition) is 1. The Hall–Kier alpha value is -2.97. The summed E-state index contributed by atoms with van der Waals surface area (Å²) in [7, 11) is 0. The maximum Gasteiger partial charge on any atom is 0.266 e. The average molecular weight is 383 g/mol. The van der Waals surface area contributed by atoms with Crippen LogP contribution in [0.15, 0.2) is 35.9 Å². The minimum absolute atomic E-state index is 0.0248. The number of para-hydroxylation sites is 1. The number of hydrogen-bond acceptors (Lipinski definition) is 4. The summed E-state index contributed by atoms with van der Waals surface area (Å²) in [6, 6.07) is 11.1. The fourth-order valence-corrected chi connectivity index (χ4v) is 3.12. The highest BCUT2D eigenvalue weighted by Crippen LogP contribution is 2.38. The molecule has 1 heterocycles. The second-order valence-electron chi connectivity index (χ2n) is 6.27. The minimum Gasteiger partial charge on any atom is -0.489 e. The Labute approximate surface area is 163 Å². The van der Waals surface area contributed by atoms with Crippen LogP contribution in [-0.4, -0.2) is 19.1 Å². The lowest BCUT2D eigenvalue weighted by Crippen LogP contribution is -2.15. The fourth-order valence-electron chi connectivity index (χ4n) is 2.84. The zero-order valence-corrected chi connectivity index (χ0v) is 15.9. The number of nitrogens with zero attached hydrogens (tertiary/aromatic N) is 1. The Morgan fingerprint density at radius 2 is 1.93 bits per heavy atom. The van der Waals surface area contributed by atoms with Gasteiger partial charge in [-0.25, -0.2) is 0 Å². The van der Waals surface area contributed by atoms with Crippen LogP contribution in [0.25, 0.3) is 6.08 Å². The van der Waals surface area contributed by atoms with E-state index in [1.165, 1.54) is 6.08 Å². The SMILES string of the molecule is Cc1cccc(C)c1NC(=O)C(C#N)=Cc1cc(Cl)c2c(c1)OCCCO2. The largest absolute Gasteiger partial charge is 0.489 e. The van der Waals surface area contributed by atoms with Gasteiger partial charge in [0.25, 0.3) is 5.91 Å². The van der Waals surface area contributed by atoms with Crippen molar-refractivity contribution in [3.63, 3.8) is 0 Å². The van der Waals surface area contributed by atoms with Gasteiger partial charge in [-0.2, -0.15) is 5.26 Å². The first-order valence-corrected chi connectivity index (χ1v) is 8.96. The Morgan fingerprint density at radius 3 is 2.63 bits per heavy atom. The number of benzene rings is 2. The monoisotopic (exact) mass is 382 g/mol. The van der Waals surface area contributed by atoms with E-state index in [1.807, 2.05) is 38.1 Å². The molecular weight excluding hydrogens is 364 g/mol. The maximum absolute atomic E-state index is 12.6. The molecule has 0 unspecified atom stereocenters. The molecule has 1 aliphatic rings. The van der Waals surface area contributed by atoms with Gasteiger partial charge in [0.2, 0.25) is 0 Å². The van der Waals surface area contributed by atoms with Gasteiger partial charge in [-0.1, -0.05) is 29.8 Å². The molecule has 3 rings (SSSR count). The van der Waals surface area contributed by atoms with Crippen LogP contribution in [0.5, 0.6) is 11.5 Å². The van der Waals surface area contributed by atoms with E-state index < -0.39 is 5.91 Å². The van der Waals surface area contributed by atoms with E-state index >= 15 is 0 Å². The fraction of sp³-hybridized carbons (Fsp3) is 0.238. The predicted octanol–water partition coefficient (Wildman–Crippen LogP) is 4.66. The van der Waals surface area contributed by atoms with Crippen LogP contribution < -0.4 is 14.8 Å². The predicted molar refractivity (Wildman–Crippen MR) is 105 cm³/mol. The zero-order valence-electron chi connectivity index (χ0n) is 15.1. The van der Waals surface area contributed by atoms with Gasteiger partial charge in [-0.05, 0) is 48.7 Å². The molecule has 1 aliphatic heterocycles. The number of rotatable bonds is 3. The highest BCUT2D eigenvalue weighted by atomic mass is 35.5.